The molecular formula is C11H16N4O3S. The summed E-state index contributed by atoms with van der Waals surface area (Å²) in [6.07, 6.45) is 1.26. The third-order valence-electron chi connectivity index (χ3n) is 3.32. The lowest BCUT2D eigenvalue weighted by atomic mass is 10.0. The first-order valence-electron chi connectivity index (χ1n) is 6.15. The zero-order valence-electron chi connectivity index (χ0n) is 10.8. The number of carboxylic acid groups (broad SMARTS) is 1. The fourth-order valence-corrected chi connectivity index (χ4v) is 2.84. The van der Waals surface area contributed by atoms with Crippen molar-refractivity contribution in [3.05, 3.63) is 5.01 Å². The maximum atomic E-state index is 12.1. The number of urea groups is 1. The minimum Gasteiger partial charge on any atom is -0.481 e. The van der Waals surface area contributed by atoms with E-state index in [0.717, 1.165) is 11.4 Å². The Hall–Kier alpha value is -1.70. The van der Waals surface area contributed by atoms with Crippen LogP contribution in [0, 0.1) is 5.92 Å². The number of carbonyl (C=O) groups is 2. The molecule has 0 aromatic carbocycles. The molecule has 0 bridgehead atoms. The van der Waals surface area contributed by atoms with Gasteiger partial charge in [-0.3, -0.25) is 10.1 Å². The topological polar surface area (TPSA) is 95.4 Å². The van der Waals surface area contributed by atoms with Crippen molar-refractivity contribution in [1.29, 1.82) is 0 Å². The van der Waals surface area contributed by atoms with Gasteiger partial charge in [0.2, 0.25) is 5.13 Å². The van der Waals surface area contributed by atoms with Crippen LogP contribution in [0.2, 0.25) is 0 Å². The molecule has 0 saturated carbocycles. The molecular weight excluding hydrogens is 268 g/mol. The van der Waals surface area contributed by atoms with Gasteiger partial charge >= 0.3 is 12.0 Å². The second-order valence-electron chi connectivity index (χ2n) is 4.45. The second-order valence-corrected chi connectivity index (χ2v) is 5.51. The highest BCUT2D eigenvalue weighted by molar-refractivity contribution is 7.15. The van der Waals surface area contributed by atoms with Crippen molar-refractivity contribution in [3.8, 4) is 0 Å². The molecule has 0 spiro atoms. The van der Waals surface area contributed by atoms with Crippen LogP contribution in [0.4, 0.5) is 9.93 Å². The number of aliphatic carboxylic acids is 1. The average molecular weight is 284 g/mol. The van der Waals surface area contributed by atoms with E-state index in [9.17, 15) is 9.59 Å². The lowest BCUT2D eigenvalue weighted by molar-refractivity contribution is -0.142. The molecule has 1 aromatic rings. The summed E-state index contributed by atoms with van der Waals surface area (Å²) in [5, 5.41) is 20.8. The first-order chi connectivity index (χ1) is 9.02. The number of carbonyl (C=O) groups excluding carboxylic acids is 1. The van der Waals surface area contributed by atoms with Crippen LogP contribution in [0.1, 0.15) is 25.3 Å². The zero-order valence-corrected chi connectivity index (χ0v) is 11.6. The van der Waals surface area contributed by atoms with E-state index in [0.29, 0.717) is 18.1 Å². The summed E-state index contributed by atoms with van der Waals surface area (Å²) in [6, 6.07) is -0.619. The summed E-state index contributed by atoms with van der Waals surface area (Å²) in [4.78, 5) is 24.6. The van der Waals surface area contributed by atoms with Crippen LogP contribution in [-0.2, 0) is 11.2 Å². The highest BCUT2D eigenvalue weighted by atomic mass is 32.1. The molecule has 0 radical (unpaired) electrons. The molecule has 2 N–H and O–H groups in total. The van der Waals surface area contributed by atoms with Crippen molar-refractivity contribution in [2.45, 2.75) is 32.7 Å². The van der Waals surface area contributed by atoms with Crippen LogP contribution >= 0.6 is 11.3 Å². The first-order valence-corrected chi connectivity index (χ1v) is 6.97. The molecule has 1 fully saturated rings. The number of hydrogen-bond donors (Lipinski definition) is 2. The van der Waals surface area contributed by atoms with E-state index in [1.807, 2.05) is 6.92 Å². The number of nitrogens with zero attached hydrogens (tertiary/aromatic N) is 3. The van der Waals surface area contributed by atoms with E-state index in [4.69, 9.17) is 5.11 Å². The van der Waals surface area contributed by atoms with Gasteiger partial charge < -0.3 is 10.0 Å². The highest BCUT2D eigenvalue weighted by Gasteiger charge is 2.38. The molecule has 7 nitrogen and oxygen atoms in total. The molecule has 104 valence electrons. The third-order valence-corrected chi connectivity index (χ3v) is 4.30. The maximum absolute atomic E-state index is 12.1. The van der Waals surface area contributed by atoms with Gasteiger partial charge in [-0.2, -0.15) is 0 Å². The predicted octanol–water partition coefficient (Wildman–Crippen LogP) is 1.43. The van der Waals surface area contributed by atoms with Crippen molar-refractivity contribution in [2.24, 2.45) is 5.92 Å². The van der Waals surface area contributed by atoms with Gasteiger partial charge in [-0.1, -0.05) is 18.3 Å². The predicted molar refractivity (Wildman–Crippen MR) is 70.2 cm³/mol. The van der Waals surface area contributed by atoms with Gasteiger partial charge in [0, 0.05) is 12.6 Å². The summed E-state index contributed by atoms with van der Waals surface area (Å²) >= 11 is 1.33. The molecule has 2 heterocycles. The number of carboxylic acids is 1. The Morgan fingerprint density at radius 2 is 2.26 bits per heavy atom. The van der Waals surface area contributed by atoms with Gasteiger partial charge in [0.05, 0.1) is 5.92 Å². The number of anilines is 1. The van der Waals surface area contributed by atoms with E-state index in [-0.39, 0.29) is 12.1 Å². The third kappa shape index (κ3) is 2.83. The molecule has 1 aliphatic rings. The average Bonchev–Trinajstić information content (AvgIpc) is 2.95. The van der Waals surface area contributed by atoms with Crippen LogP contribution in [-0.4, -0.2) is 44.8 Å². The van der Waals surface area contributed by atoms with Crippen LogP contribution in [0.3, 0.4) is 0 Å². The number of likely N-dealkylation sites (tertiary alicyclic amines) is 1. The lowest BCUT2D eigenvalue weighted by Crippen LogP contribution is -2.40. The number of aromatic nitrogens is 2. The van der Waals surface area contributed by atoms with Crippen molar-refractivity contribution in [2.75, 3.05) is 11.9 Å². The number of rotatable bonds is 3. The summed E-state index contributed by atoms with van der Waals surface area (Å²) in [7, 11) is 0. The molecule has 19 heavy (non-hydrogen) atoms. The van der Waals surface area contributed by atoms with Gasteiger partial charge in [0.15, 0.2) is 0 Å². The monoisotopic (exact) mass is 284 g/mol. The molecule has 2 unspecified atom stereocenters. The molecule has 2 rings (SSSR count). The van der Waals surface area contributed by atoms with E-state index in [1.165, 1.54) is 16.2 Å². The van der Waals surface area contributed by atoms with E-state index < -0.39 is 11.9 Å². The number of amides is 2. The van der Waals surface area contributed by atoms with Gasteiger partial charge in [-0.05, 0) is 19.8 Å². The largest absolute Gasteiger partial charge is 0.481 e. The Morgan fingerprint density at radius 1 is 1.53 bits per heavy atom. The summed E-state index contributed by atoms with van der Waals surface area (Å²) in [6.45, 7) is 4.17. The molecule has 2 amide bonds. The number of nitrogens with one attached hydrogen (secondary N) is 1. The Balaban J connectivity index is 1.99. The van der Waals surface area contributed by atoms with Gasteiger partial charge in [-0.25, -0.2) is 4.79 Å². The van der Waals surface area contributed by atoms with Crippen molar-refractivity contribution >= 4 is 28.5 Å². The minimum atomic E-state index is -0.855. The van der Waals surface area contributed by atoms with Crippen LogP contribution < -0.4 is 5.32 Å². The fourth-order valence-electron chi connectivity index (χ4n) is 2.17. The summed E-state index contributed by atoms with van der Waals surface area (Å²) in [5.74, 6) is -1.35. The smallest absolute Gasteiger partial charge is 0.323 e. The molecule has 1 saturated heterocycles. The van der Waals surface area contributed by atoms with E-state index >= 15 is 0 Å². The maximum Gasteiger partial charge on any atom is 0.323 e. The Morgan fingerprint density at radius 3 is 2.79 bits per heavy atom. The van der Waals surface area contributed by atoms with E-state index in [2.05, 4.69) is 15.5 Å². The molecule has 2 atom stereocenters. The van der Waals surface area contributed by atoms with Crippen LogP contribution in [0.5, 0.6) is 0 Å². The van der Waals surface area contributed by atoms with Crippen molar-refractivity contribution in [1.82, 2.24) is 15.1 Å². The Kier molecular flexibility index (Phi) is 3.98. The first kappa shape index (κ1) is 13.7. The van der Waals surface area contributed by atoms with Crippen molar-refractivity contribution < 1.29 is 14.7 Å². The molecule has 1 aromatic heterocycles. The minimum absolute atomic E-state index is 0.309. The lowest BCUT2D eigenvalue weighted by Gasteiger charge is -2.22. The van der Waals surface area contributed by atoms with Crippen LogP contribution in [0.25, 0.3) is 0 Å². The van der Waals surface area contributed by atoms with Crippen LogP contribution in [0.15, 0.2) is 0 Å². The number of hydrogen-bond acceptors (Lipinski definition) is 5. The van der Waals surface area contributed by atoms with Crippen molar-refractivity contribution in [3.63, 3.8) is 0 Å². The zero-order chi connectivity index (χ0) is 14.0. The Labute approximate surface area is 114 Å². The fraction of sp³-hybridized carbons (Fsp3) is 0.636. The Bertz CT molecular complexity index is 490. The number of aryl methyl sites for hydroxylation is 1. The SMILES string of the molecule is CCc1nnc(NC(=O)N2CCC(C(=O)O)C2C)s1. The second kappa shape index (κ2) is 5.52. The quantitative estimate of drug-likeness (QED) is 0.875. The van der Waals surface area contributed by atoms with Gasteiger partial charge in [-0.15, -0.1) is 10.2 Å². The standard InChI is InChI=1S/C11H16N4O3S/c1-3-8-13-14-10(19-8)12-11(18)15-5-4-7(6(15)2)9(16)17/h6-7H,3-5H2,1-2H3,(H,16,17)(H,12,14,18). The molecule has 0 aliphatic carbocycles. The van der Waals surface area contributed by atoms with E-state index in [1.54, 1.807) is 6.92 Å². The summed E-state index contributed by atoms with van der Waals surface area (Å²) in [5.41, 5.74) is 0. The molecule has 8 heteroatoms. The van der Waals surface area contributed by atoms with Gasteiger partial charge in [0.25, 0.3) is 0 Å². The van der Waals surface area contributed by atoms with Gasteiger partial charge in [0.1, 0.15) is 5.01 Å². The molecule has 1 aliphatic heterocycles. The normalized spacial score (nSPS) is 22.5. The summed E-state index contributed by atoms with van der Waals surface area (Å²) < 4.78 is 0. The highest BCUT2D eigenvalue weighted by Crippen LogP contribution is 2.25.